The summed E-state index contributed by atoms with van der Waals surface area (Å²) in [7, 11) is 0. The lowest BCUT2D eigenvalue weighted by atomic mass is 10.2. The van der Waals surface area contributed by atoms with Crippen molar-refractivity contribution in [2.75, 3.05) is 6.54 Å². The van der Waals surface area contributed by atoms with Crippen LogP contribution < -0.4 is 11.4 Å². The van der Waals surface area contributed by atoms with E-state index in [1.807, 2.05) is 0 Å². The highest BCUT2D eigenvalue weighted by Crippen LogP contribution is 2.11. The van der Waals surface area contributed by atoms with E-state index in [0.29, 0.717) is 5.69 Å². The maximum atomic E-state index is 13.6. The Morgan fingerprint density at radius 1 is 1.53 bits per heavy atom. The van der Waals surface area contributed by atoms with E-state index in [0.717, 1.165) is 0 Å². The van der Waals surface area contributed by atoms with Gasteiger partial charge in [-0.1, -0.05) is 11.8 Å². The lowest BCUT2D eigenvalue weighted by molar-refractivity contribution is 0.623. The van der Waals surface area contributed by atoms with Crippen molar-refractivity contribution < 1.29 is 4.39 Å². The Hall–Kier alpha value is -2.39. The number of rotatable bonds is 1. The molecule has 17 heavy (non-hydrogen) atoms. The lowest BCUT2D eigenvalue weighted by Gasteiger charge is -2.01. The first-order chi connectivity index (χ1) is 8.22. The van der Waals surface area contributed by atoms with Crippen LogP contribution in [-0.4, -0.2) is 21.3 Å². The van der Waals surface area contributed by atoms with Crippen molar-refractivity contribution in [1.82, 2.24) is 14.8 Å². The second-order valence-electron chi connectivity index (χ2n) is 3.20. The van der Waals surface area contributed by atoms with Gasteiger partial charge in [-0.15, -0.1) is 0 Å². The average molecular weight is 232 g/mol. The van der Waals surface area contributed by atoms with Gasteiger partial charge < -0.3 is 5.73 Å². The molecule has 0 fully saturated rings. The highest BCUT2D eigenvalue weighted by molar-refractivity contribution is 5.42. The molecule has 3 N–H and O–H groups in total. The third-order valence-electron chi connectivity index (χ3n) is 2.11. The van der Waals surface area contributed by atoms with Crippen LogP contribution in [0.4, 0.5) is 4.39 Å². The molecule has 0 saturated heterocycles. The molecule has 2 aromatic rings. The number of aromatic nitrogens is 3. The number of hydrogen-bond acceptors (Lipinski definition) is 3. The van der Waals surface area contributed by atoms with Crippen LogP contribution in [0, 0.1) is 17.7 Å². The Morgan fingerprint density at radius 2 is 2.35 bits per heavy atom. The van der Waals surface area contributed by atoms with E-state index in [2.05, 4.69) is 22.0 Å². The van der Waals surface area contributed by atoms with Crippen LogP contribution in [-0.2, 0) is 0 Å². The summed E-state index contributed by atoms with van der Waals surface area (Å²) in [5.74, 6) is 4.66. The first-order valence-corrected chi connectivity index (χ1v) is 4.83. The number of benzene rings is 1. The average Bonchev–Trinajstić information content (AvgIpc) is 2.74. The molecule has 0 amide bonds. The van der Waals surface area contributed by atoms with E-state index in [4.69, 9.17) is 5.73 Å². The van der Waals surface area contributed by atoms with Crippen LogP contribution in [0.5, 0.6) is 0 Å². The van der Waals surface area contributed by atoms with Gasteiger partial charge >= 0.3 is 5.69 Å². The van der Waals surface area contributed by atoms with Crippen molar-refractivity contribution >= 4 is 0 Å². The van der Waals surface area contributed by atoms with E-state index in [9.17, 15) is 9.18 Å². The third kappa shape index (κ3) is 2.24. The molecule has 1 heterocycles. The molecule has 0 unspecified atom stereocenters. The van der Waals surface area contributed by atoms with E-state index in [1.54, 1.807) is 6.07 Å². The first kappa shape index (κ1) is 11.1. The minimum Gasteiger partial charge on any atom is -0.320 e. The Labute approximate surface area is 96.1 Å². The maximum absolute atomic E-state index is 13.6. The molecule has 0 aliphatic heterocycles. The molecule has 6 heteroatoms. The van der Waals surface area contributed by atoms with Crippen molar-refractivity contribution in [3.63, 3.8) is 0 Å². The molecule has 0 atom stereocenters. The number of halogens is 1. The van der Waals surface area contributed by atoms with Gasteiger partial charge in [0.25, 0.3) is 0 Å². The van der Waals surface area contributed by atoms with Gasteiger partial charge in [0.1, 0.15) is 12.1 Å². The fourth-order valence-electron chi connectivity index (χ4n) is 1.33. The standard InChI is InChI=1S/C11H9FN4O/c12-10-6-9(16-7-14-15-11(16)17)4-3-8(10)2-1-5-13/h3-4,6-7H,5,13H2,(H,15,17). The topological polar surface area (TPSA) is 76.7 Å². The number of H-pyrrole nitrogens is 1. The van der Waals surface area contributed by atoms with E-state index in [1.165, 1.54) is 23.0 Å². The molecule has 0 radical (unpaired) electrons. The monoisotopic (exact) mass is 232 g/mol. The lowest BCUT2D eigenvalue weighted by Crippen LogP contribution is -2.14. The molecular weight excluding hydrogens is 223 g/mol. The van der Waals surface area contributed by atoms with Crippen molar-refractivity contribution in [3.05, 3.63) is 46.4 Å². The van der Waals surface area contributed by atoms with Gasteiger partial charge in [0.05, 0.1) is 17.8 Å². The van der Waals surface area contributed by atoms with Gasteiger partial charge in [-0.05, 0) is 18.2 Å². The summed E-state index contributed by atoms with van der Waals surface area (Å²) in [5.41, 5.74) is 5.41. The minimum atomic E-state index is -0.503. The van der Waals surface area contributed by atoms with Crippen LogP contribution in [0.25, 0.3) is 5.69 Å². The predicted molar refractivity (Wildman–Crippen MR) is 60.1 cm³/mol. The van der Waals surface area contributed by atoms with Crippen LogP contribution in [0.15, 0.2) is 29.3 Å². The Kier molecular flexibility index (Phi) is 3.03. The van der Waals surface area contributed by atoms with E-state index < -0.39 is 11.5 Å². The zero-order valence-electron chi connectivity index (χ0n) is 8.77. The molecule has 1 aromatic heterocycles. The van der Waals surface area contributed by atoms with Crippen molar-refractivity contribution in [1.29, 1.82) is 0 Å². The second kappa shape index (κ2) is 4.63. The fraction of sp³-hybridized carbons (Fsp3) is 0.0909. The van der Waals surface area contributed by atoms with Gasteiger partial charge in [0.15, 0.2) is 0 Å². The SMILES string of the molecule is NCC#Cc1ccc(-n2cn[nH]c2=O)cc1F. The number of nitrogens with one attached hydrogen (secondary N) is 1. The quantitative estimate of drug-likeness (QED) is 0.680. The summed E-state index contributed by atoms with van der Waals surface area (Å²) in [4.78, 5) is 11.3. The molecule has 2 rings (SSSR count). The van der Waals surface area contributed by atoms with Crippen LogP contribution in [0.2, 0.25) is 0 Å². The minimum absolute atomic E-state index is 0.169. The predicted octanol–water partition coefficient (Wildman–Crippen LogP) is 0.00990. The summed E-state index contributed by atoms with van der Waals surface area (Å²) in [6, 6.07) is 4.30. The molecule has 0 aliphatic rings. The summed E-state index contributed by atoms with van der Waals surface area (Å²) >= 11 is 0. The molecule has 5 nitrogen and oxygen atoms in total. The van der Waals surface area contributed by atoms with E-state index in [-0.39, 0.29) is 12.1 Å². The number of aromatic amines is 1. The largest absolute Gasteiger partial charge is 0.347 e. The third-order valence-corrected chi connectivity index (χ3v) is 2.11. The normalized spacial score (nSPS) is 9.76. The van der Waals surface area contributed by atoms with Crippen LogP contribution in [0.3, 0.4) is 0 Å². The van der Waals surface area contributed by atoms with Gasteiger partial charge in [-0.3, -0.25) is 0 Å². The number of hydrogen-bond donors (Lipinski definition) is 2. The van der Waals surface area contributed by atoms with Crippen molar-refractivity contribution in [3.8, 4) is 17.5 Å². The molecule has 86 valence electrons. The Morgan fingerprint density at radius 3 is 2.94 bits per heavy atom. The van der Waals surface area contributed by atoms with Crippen LogP contribution in [0.1, 0.15) is 5.56 Å². The summed E-state index contributed by atoms with van der Waals surface area (Å²) in [6.07, 6.45) is 1.28. The highest BCUT2D eigenvalue weighted by Gasteiger charge is 2.05. The smallest absolute Gasteiger partial charge is 0.320 e. The zero-order chi connectivity index (χ0) is 12.3. The van der Waals surface area contributed by atoms with Gasteiger partial charge in [-0.2, -0.15) is 5.10 Å². The fourth-order valence-corrected chi connectivity index (χ4v) is 1.33. The van der Waals surface area contributed by atoms with Crippen molar-refractivity contribution in [2.45, 2.75) is 0 Å². The van der Waals surface area contributed by atoms with Crippen molar-refractivity contribution in [2.24, 2.45) is 5.73 Å². The molecule has 0 bridgehead atoms. The van der Waals surface area contributed by atoms with Gasteiger partial charge in [-0.25, -0.2) is 18.9 Å². The number of nitrogens with zero attached hydrogens (tertiary/aromatic N) is 2. The molecule has 0 spiro atoms. The Bertz CT molecular complexity index is 647. The second-order valence-corrected chi connectivity index (χ2v) is 3.20. The van der Waals surface area contributed by atoms with Gasteiger partial charge in [0, 0.05) is 0 Å². The molecule has 1 aromatic carbocycles. The van der Waals surface area contributed by atoms with Crippen LogP contribution >= 0.6 is 0 Å². The van der Waals surface area contributed by atoms with Gasteiger partial charge in [0.2, 0.25) is 0 Å². The Balaban J connectivity index is 2.44. The molecular formula is C11H9FN4O. The highest BCUT2D eigenvalue weighted by atomic mass is 19.1. The maximum Gasteiger partial charge on any atom is 0.347 e. The zero-order valence-corrected chi connectivity index (χ0v) is 8.77. The van der Waals surface area contributed by atoms with E-state index >= 15 is 0 Å². The summed E-state index contributed by atoms with van der Waals surface area (Å²) < 4.78 is 14.8. The summed E-state index contributed by atoms with van der Waals surface area (Å²) in [5, 5.41) is 5.78. The number of nitrogens with two attached hydrogens (primary N) is 1. The molecule has 0 saturated carbocycles. The summed E-state index contributed by atoms with van der Waals surface area (Å²) in [6.45, 7) is 0.169. The molecule has 0 aliphatic carbocycles. The first-order valence-electron chi connectivity index (χ1n) is 4.83.